The lowest BCUT2D eigenvalue weighted by Crippen LogP contribution is -2.21. The highest BCUT2D eigenvalue weighted by molar-refractivity contribution is 5.93. The zero-order valence-corrected chi connectivity index (χ0v) is 11.9. The predicted molar refractivity (Wildman–Crippen MR) is 75.5 cm³/mol. The third-order valence-electron chi connectivity index (χ3n) is 2.72. The number of carbonyl (C=O) groups excluding carboxylic acids is 1. The van der Waals surface area contributed by atoms with Gasteiger partial charge in [-0.1, -0.05) is 0 Å². The fourth-order valence-electron chi connectivity index (χ4n) is 1.68. The highest BCUT2D eigenvalue weighted by Crippen LogP contribution is 2.06. The van der Waals surface area contributed by atoms with E-state index in [-0.39, 0.29) is 5.91 Å². The molecule has 1 N–H and O–H groups in total. The summed E-state index contributed by atoms with van der Waals surface area (Å²) in [4.78, 5) is 21.6. The number of amides is 1. The highest BCUT2D eigenvalue weighted by Gasteiger charge is 2.07. The fraction of sp³-hybridized carbons (Fsp3) is 0.385. The molecule has 2 aromatic heterocycles. The molecule has 0 aliphatic carbocycles. The van der Waals surface area contributed by atoms with Crippen molar-refractivity contribution in [3.8, 4) is 0 Å². The van der Waals surface area contributed by atoms with E-state index in [2.05, 4.69) is 20.4 Å². The summed E-state index contributed by atoms with van der Waals surface area (Å²) in [5.74, 6) is 1.47. The number of aryl methyl sites for hydroxylation is 1. The van der Waals surface area contributed by atoms with Crippen molar-refractivity contribution < 1.29 is 4.79 Å². The Labute approximate surface area is 117 Å². The number of hydrogen-bond acceptors (Lipinski definition) is 5. The van der Waals surface area contributed by atoms with Gasteiger partial charge in [-0.15, -0.1) is 0 Å². The summed E-state index contributed by atoms with van der Waals surface area (Å²) in [6, 6.07) is 3.55. The molecule has 0 saturated heterocycles. The second-order valence-corrected chi connectivity index (χ2v) is 4.64. The Hall–Kier alpha value is -2.44. The molecule has 7 nitrogen and oxygen atoms in total. The fourth-order valence-corrected chi connectivity index (χ4v) is 1.68. The standard InChI is InChI=1S/C13H18N6O/c1-18(2)13(20)10-4-5-11(15-8-10)14-7-6-12-16-9-19(3)17-12/h4-5,8-9H,6-7H2,1-3H3,(H,14,15). The third kappa shape index (κ3) is 3.53. The largest absolute Gasteiger partial charge is 0.370 e. The minimum absolute atomic E-state index is 0.0539. The molecule has 2 rings (SSSR count). The SMILES string of the molecule is CN(C)C(=O)c1ccc(NCCc2ncn(C)n2)nc1. The van der Waals surface area contributed by atoms with Gasteiger partial charge in [0, 0.05) is 40.3 Å². The predicted octanol–water partition coefficient (Wildman–Crippen LogP) is 0.566. The van der Waals surface area contributed by atoms with Gasteiger partial charge in [0.05, 0.1) is 5.56 Å². The van der Waals surface area contributed by atoms with Crippen LogP contribution >= 0.6 is 0 Å². The number of hydrogen-bond donors (Lipinski definition) is 1. The molecule has 7 heteroatoms. The number of nitrogens with zero attached hydrogens (tertiary/aromatic N) is 5. The maximum Gasteiger partial charge on any atom is 0.254 e. The zero-order chi connectivity index (χ0) is 14.5. The maximum atomic E-state index is 11.7. The number of pyridine rings is 1. The van der Waals surface area contributed by atoms with Crippen molar-refractivity contribution in [1.29, 1.82) is 0 Å². The molecule has 0 spiro atoms. The number of carbonyl (C=O) groups is 1. The van der Waals surface area contributed by atoms with Crippen molar-refractivity contribution in [1.82, 2.24) is 24.6 Å². The van der Waals surface area contributed by atoms with Gasteiger partial charge in [0.15, 0.2) is 5.82 Å². The van der Waals surface area contributed by atoms with E-state index in [1.54, 1.807) is 43.4 Å². The molecule has 106 valence electrons. The van der Waals surface area contributed by atoms with Gasteiger partial charge >= 0.3 is 0 Å². The molecule has 0 unspecified atom stereocenters. The van der Waals surface area contributed by atoms with E-state index in [1.807, 2.05) is 7.05 Å². The van der Waals surface area contributed by atoms with Crippen LogP contribution in [0.5, 0.6) is 0 Å². The first-order chi connectivity index (χ1) is 9.56. The van der Waals surface area contributed by atoms with Crippen LogP contribution in [0.4, 0.5) is 5.82 Å². The van der Waals surface area contributed by atoms with Crippen LogP contribution in [-0.4, -0.2) is 51.2 Å². The molecular formula is C13H18N6O. The van der Waals surface area contributed by atoms with Gasteiger partial charge in [-0.2, -0.15) is 5.10 Å². The minimum Gasteiger partial charge on any atom is -0.370 e. The Morgan fingerprint density at radius 2 is 2.15 bits per heavy atom. The summed E-state index contributed by atoms with van der Waals surface area (Å²) >= 11 is 0. The lowest BCUT2D eigenvalue weighted by molar-refractivity contribution is 0.0827. The van der Waals surface area contributed by atoms with Crippen LogP contribution in [0.15, 0.2) is 24.7 Å². The molecule has 1 amide bonds. The minimum atomic E-state index is -0.0539. The van der Waals surface area contributed by atoms with E-state index in [0.717, 1.165) is 18.1 Å². The summed E-state index contributed by atoms with van der Waals surface area (Å²) in [7, 11) is 5.27. The lowest BCUT2D eigenvalue weighted by atomic mass is 10.2. The van der Waals surface area contributed by atoms with Crippen molar-refractivity contribution >= 4 is 11.7 Å². The second-order valence-electron chi connectivity index (χ2n) is 4.64. The van der Waals surface area contributed by atoms with Crippen molar-refractivity contribution in [2.45, 2.75) is 6.42 Å². The van der Waals surface area contributed by atoms with Gasteiger partial charge in [-0.25, -0.2) is 9.97 Å². The van der Waals surface area contributed by atoms with Gasteiger partial charge in [0.2, 0.25) is 0 Å². The van der Waals surface area contributed by atoms with Crippen molar-refractivity contribution in [3.63, 3.8) is 0 Å². The van der Waals surface area contributed by atoms with Crippen LogP contribution in [0.25, 0.3) is 0 Å². The van der Waals surface area contributed by atoms with Crippen molar-refractivity contribution in [2.24, 2.45) is 7.05 Å². The van der Waals surface area contributed by atoms with Crippen LogP contribution in [0.1, 0.15) is 16.2 Å². The Bertz CT molecular complexity index is 575. The van der Waals surface area contributed by atoms with Gasteiger partial charge in [-0.05, 0) is 12.1 Å². The maximum absolute atomic E-state index is 11.7. The van der Waals surface area contributed by atoms with E-state index in [4.69, 9.17) is 0 Å². The zero-order valence-electron chi connectivity index (χ0n) is 11.9. The van der Waals surface area contributed by atoms with Gasteiger partial charge in [-0.3, -0.25) is 9.48 Å². The number of aromatic nitrogens is 4. The summed E-state index contributed by atoms with van der Waals surface area (Å²) in [6.45, 7) is 0.692. The van der Waals surface area contributed by atoms with Crippen LogP contribution in [0.3, 0.4) is 0 Å². The van der Waals surface area contributed by atoms with E-state index in [0.29, 0.717) is 12.1 Å². The number of anilines is 1. The molecule has 0 bridgehead atoms. The Kier molecular flexibility index (Phi) is 4.29. The molecule has 0 fully saturated rings. The lowest BCUT2D eigenvalue weighted by Gasteiger charge is -2.10. The van der Waals surface area contributed by atoms with Gasteiger partial charge in [0.25, 0.3) is 5.91 Å². The van der Waals surface area contributed by atoms with Crippen LogP contribution in [0.2, 0.25) is 0 Å². The monoisotopic (exact) mass is 274 g/mol. The summed E-state index contributed by atoms with van der Waals surface area (Å²) in [5, 5.41) is 7.37. The molecule has 0 aliphatic heterocycles. The Morgan fingerprint density at radius 3 is 2.70 bits per heavy atom. The van der Waals surface area contributed by atoms with Crippen LogP contribution in [0, 0.1) is 0 Å². The van der Waals surface area contributed by atoms with Crippen LogP contribution in [-0.2, 0) is 13.5 Å². The smallest absolute Gasteiger partial charge is 0.254 e. The van der Waals surface area contributed by atoms with Gasteiger partial charge < -0.3 is 10.2 Å². The average molecular weight is 274 g/mol. The summed E-state index contributed by atoms with van der Waals surface area (Å²) in [5.41, 5.74) is 0.576. The topological polar surface area (TPSA) is 75.9 Å². The molecule has 20 heavy (non-hydrogen) atoms. The van der Waals surface area contributed by atoms with Crippen molar-refractivity contribution in [3.05, 3.63) is 36.0 Å². The molecule has 0 radical (unpaired) electrons. The normalized spacial score (nSPS) is 10.3. The van der Waals surface area contributed by atoms with Crippen molar-refractivity contribution in [2.75, 3.05) is 26.0 Å². The highest BCUT2D eigenvalue weighted by atomic mass is 16.2. The molecule has 2 heterocycles. The number of nitrogens with one attached hydrogen (secondary N) is 1. The summed E-state index contributed by atoms with van der Waals surface area (Å²) < 4.78 is 1.68. The quantitative estimate of drug-likeness (QED) is 0.862. The first kappa shape index (κ1) is 14.0. The number of rotatable bonds is 5. The Morgan fingerprint density at radius 1 is 1.35 bits per heavy atom. The molecule has 2 aromatic rings. The van der Waals surface area contributed by atoms with E-state index < -0.39 is 0 Å². The Balaban J connectivity index is 1.86. The van der Waals surface area contributed by atoms with E-state index >= 15 is 0 Å². The van der Waals surface area contributed by atoms with E-state index in [1.165, 1.54) is 4.90 Å². The summed E-state index contributed by atoms with van der Waals surface area (Å²) in [6.07, 6.45) is 3.97. The average Bonchev–Trinajstić information content (AvgIpc) is 2.84. The first-order valence-electron chi connectivity index (χ1n) is 6.32. The second kappa shape index (κ2) is 6.14. The molecule has 0 saturated carbocycles. The molecule has 0 aromatic carbocycles. The first-order valence-corrected chi connectivity index (χ1v) is 6.32. The molecular weight excluding hydrogens is 256 g/mol. The molecule has 0 atom stereocenters. The van der Waals surface area contributed by atoms with E-state index in [9.17, 15) is 4.79 Å². The third-order valence-corrected chi connectivity index (χ3v) is 2.72. The molecule has 0 aliphatic rings. The van der Waals surface area contributed by atoms with Gasteiger partial charge in [0.1, 0.15) is 12.1 Å². The van der Waals surface area contributed by atoms with Crippen LogP contribution < -0.4 is 5.32 Å².